The summed E-state index contributed by atoms with van der Waals surface area (Å²) in [5.74, 6) is -1.33. The summed E-state index contributed by atoms with van der Waals surface area (Å²) < 4.78 is 0. The Morgan fingerprint density at radius 2 is 1.61 bits per heavy atom. The molecule has 0 spiro atoms. The third kappa shape index (κ3) is 2.82. The van der Waals surface area contributed by atoms with Crippen LogP contribution in [-0.2, 0) is 0 Å². The van der Waals surface area contributed by atoms with E-state index in [1.54, 1.807) is 13.0 Å². The van der Waals surface area contributed by atoms with Crippen molar-refractivity contribution in [2.45, 2.75) is 6.92 Å². The number of hydrogen-bond acceptors (Lipinski definition) is 6. The first kappa shape index (κ1) is 16.0. The van der Waals surface area contributed by atoms with E-state index in [0.717, 1.165) is 6.07 Å². The fourth-order valence-electron chi connectivity index (χ4n) is 2.21. The molecular formula is C15H12N2O6. The predicted molar refractivity (Wildman–Crippen MR) is 83.2 cm³/mol. The zero-order chi connectivity index (χ0) is 17.1. The van der Waals surface area contributed by atoms with Crippen LogP contribution >= 0.6 is 0 Å². The van der Waals surface area contributed by atoms with Gasteiger partial charge in [0.15, 0.2) is 0 Å². The maximum absolute atomic E-state index is 11.2. The van der Waals surface area contributed by atoms with Crippen molar-refractivity contribution in [2.24, 2.45) is 0 Å². The summed E-state index contributed by atoms with van der Waals surface area (Å²) in [7, 11) is 0. The van der Waals surface area contributed by atoms with Gasteiger partial charge in [0, 0.05) is 17.2 Å². The summed E-state index contributed by atoms with van der Waals surface area (Å²) in [5, 5.41) is 42.3. The molecule has 0 unspecified atom stereocenters. The molecule has 0 saturated carbocycles. The molecule has 8 nitrogen and oxygen atoms in total. The number of benzene rings is 2. The Morgan fingerprint density at radius 1 is 0.957 bits per heavy atom. The number of nitrogens with zero attached hydrogens (tertiary/aromatic N) is 2. The van der Waals surface area contributed by atoms with Crippen molar-refractivity contribution >= 4 is 17.5 Å². The molecular weight excluding hydrogens is 304 g/mol. The van der Waals surface area contributed by atoms with Crippen molar-refractivity contribution in [3.63, 3.8) is 0 Å². The second-order valence-electron chi connectivity index (χ2n) is 4.59. The molecule has 2 aromatic rings. The second kappa shape index (κ2) is 6.14. The fraction of sp³-hybridized carbons (Fsp3) is 0.0667. The highest BCUT2D eigenvalue weighted by Gasteiger charge is 2.25. The van der Waals surface area contributed by atoms with Gasteiger partial charge in [-0.1, -0.05) is 18.2 Å². The Bertz CT molecular complexity index is 829. The number of rotatable bonds is 4. The fourth-order valence-corrected chi connectivity index (χ4v) is 2.21. The second-order valence-corrected chi connectivity index (χ2v) is 4.59. The van der Waals surface area contributed by atoms with Gasteiger partial charge in [0.1, 0.15) is 0 Å². The molecule has 0 bridgehead atoms. The molecule has 0 aliphatic heterocycles. The molecule has 8 heteroatoms. The van der Waals surface area contributed by atoms with E-state index in [1.807, 2.05) is 0 Å². The number of nitro benzene ring substituents is 2. The maximum atomic E-state index is 11.2. The summed E-state index contributed by atoms with van der Waals surface area (Å²) in [5.41, 5.74) is -1.03. The molecule has 2 aromatic carbocycles. The zero-order valence-corrected chi connectivity index (χ0v) is 12.0. The molecule has 2 N–H and O–H groups in total. The standard InChI is InChI=1S/C15H12N2O6/c1-2-4-9-7-8-11(15(19)13(9)17(22)23)10-5-3-6-12(14(10)18)16(20)21/h2-8,18-19H,1H3. The highest BCUT2D eigenvalue weighted by Crippen LogP contribution is 2.45. The lowest BCUT2D eigenvalue weighted by Gasteiger charge is -2.09. The molecule has 0 aromatic heterocycles. The van der Waals surface area contributed by atoms with Crippen LogP contribution in [0, 0.1) is 20.2 Å². The largest absolute Gasteiger partial charge is 0.502 e. The van der Waals surface area contributed by atoms with E-state index in [9.17, 15) is 30.4 Å². The predicted octanol–water partition coefficient (Wildman–Crippen LogP) is 3.61. The number of aromatic hydroxyl groups is 2. The minimum absolute atomic E-state index is 0.0631. The molecule has 0 atom stereocenters. The van der Waals surface area contributed by atoms with Gasteiger partial charge in [0.05, 0.1) is 15.4 Å². The third-order valence-electron chi connectivity index (χ3n) is 3.21. The van der Waals surface area contributed by atoms with Crippen LogP contribution in [0.3, 0.4) is 0 Å². The number of hydrogen-bond donors (Lipinski definition) is 2. The number of para-hydroxylation sites is 1. The van der Waals surface area contributed by atoms with E-state index in [1.165, 1.54) is 30.3 Å². The minimum atomic E-state index is -0.779. The lowest BCUT2D eigenvalue weighted by Crippen LogP contribution is -1.95. The molecule has 23 heavy (non-hydrogen) atoms. The van der Waals surface area contributed by atoms with Crippen molar-refractivity contribution in [3.8, 4) is 22.6 Å². The quantitative estimate of drug-likeness (QED) is 0.655. The summed E-state index contributed by atoms with van der Waals surface area (Å²) >= 11 is 0. The smallest absolute Gasteiger partial charge is 0.318 e. The van der Waals surface area contributed by atoms with Crippen LogP contribution in [0.4, 0.5) is 11.4 Å². The number of allylic oxidation sites excluding steroid dienone is 1. The van der Waals surface area contributed by atoms with Crippen molar-refractivity contribution in [1.82, 2.24) is 0 Å². The van der Waals surface area contributed by atoms with Crippen LogP contribution in [0.15, 0.2) is 36.4 Å². The summed E-state index contributed by atoms with van der Waals surface area (Å²) in [6.07, 6.45) is 3.03. The van der Waals surface area contributed by atoms with Gasteiger partial charge in [-0.25, -0.2) is 0 Å². The summed E-state index contributed by atoms with van der Waals surface area (Å²) in [6.45, 7) is 1.67. The van der Waals surface area contributed by atoms with Gasteiger partial charge in [-0.05, 0) is 25.1 Å². The Balaban J connectivity index is 2.76. The van der Waals surface area contributed by atoms with E-state index in [0.29, 0.717) is 0 Å². The molecule has 0 fully saturated rings. The Labute approximate surface area is 130 Å². The van der Waals surface area contributed by atoms with Crippen LogP contribution in [0.5, 0.6) is 11.5 Å². The maximum Gasteiger partial charge on any atom is 0.318 e. The average molecular weight is 316 g/mol. The van der Waals surface area contributed by atoms with Gasteiger partial charge in [-0.15, -0.1) is 0 Å². The summed E-state index contributed by atoms with van der Waals surface area (Å²) in [4.78, 5) is 20.5. The first-order valence-electron chi connectivity index (χ1n) is 6.48. The summed E-state index contributed by atoms with van der Waals surface area (Å²) in [6, 6.07) is 6.50. The van der Waals surface area contributed by atoms with Gasteiger partial charge in [0.25, 0.3) is 0 Å². The Hall–Kier alpha value is -3.42. The molecule has 0 aliphatic rings. The highest BCUT2D eigenvalue weighted by atomic mass is 16.6. The topological polar surface area (TPSA) is 127 Å². The van der Waals surface area contributed by atoms with Crippen LogP contribution in [0.1, 0.15) is 12.5 Å². The number of nitro groups is 2. The monoisotopic (exact) mass is 316 g/mol. The molecule has 0 heterocycles. The van der Waals surface area contributed by atoms with E-state index in [2.05, 4.69) is 0 Å². The van der Waals surface area contributed by atoms with Gasteiger partial charge in [-0.2, -0.15) is 0 Å². The van der Waals surface area contributed by atoms with Crippen LogP contribution in [0.2, 0.25) is 0 Å². The van der Waals surface area contributed by atoms with Crippen molar-refractivity contribution in [3.05, 3.63) is 62.2 Å². The van der Waals surface area contributed by atoms with Crippen LogP contribution in [0.25, 0.3) is 17.2 Å². The minimum Gasteiger partial charge on any atom is -0.502 e. The van der Waals surface area contributed by atoms with Crippen molar-refractivity contribution in [2.75, 3.05) is 0 Å². The third-order valence-corrected chi connectivity index (χ3v) is 3.21. The normalized spacial score (nSPS) is 10.8. The van der Waals surface area contributed by atoms with Gasteiger partial charge >= 0.3 is 11.4 Å². The lowest BCUT2D eigenvalue weighted by molar-refractivity contribution is -0.386. The zero-order valence-electron chi connectivity index (χ0n) is 12.0. The van der Waals surface area contributed by atoms with Gasteiger partial charge < -0.3 is 10.2 Å². The Kier molecular flexibility index (Phi) is 4.26. The number of phenols is 2. The van der Waals surface area contributed by atoms with E-state index >= 15 is 0 Å². The van der Waals surface area contributed by atoms with Gasteiger partial charge in [0.2, 0.25) is 11.5 Å². The van der Waals surface area contributed by atoms with E-state index in [-0.39, 0.29) is 16.7 Å². The molecule has 0 aliphatic carbocycles. The molecule has 0 saturated heterocycles. The Morgan fingerprint density at radius 3 is 2.17 bits per heavy atom. The van der Waals surface area contributed by atoms with Crippen LogP contribution < -0.4 is 0 Å². The van der Waals surface area contributed by atoms with Crippen molar-refractivity contribution < 1.29 is 20.1 Å². The molecule has 2 rings (SSSR count). The average Bonchev–Trinajstić information content (AvgIpc) is 2.48. The van der Waals surface area contributed by atoms with Gasteiger partial charge in [-0.3, -0.25) is 20.2 Å². The lowest BCUT2D eigenvalue weighted by atomic mass is 9.99. The highest BCUT2D eigenvalue weighted by molar-refractivity contribution is 5.84. The van der Waals surface area contributed by atoms with Crippen LogP contribution in [-0.4, -0.2) is 20.1 Å². The molecule has 118 valence electrons. The molecule has 0 amide bonds. The first-order valence-corrected chi connectivity index (χ1v) is 6.48. The SMILES string of the molecule is CC=Cc1ccc(-c2cccc([N+](=O)[O-])c2O)c(O)c1[N+](=O)[O-]. The molecule has 0 radical (unpaired) electrons. The number of phenolic OH excluding ortho intramolecular Hbond substituents is 2. The first-order chi connectivity index (χ1) is 10.9. The van der Waals surface area contributed by atoms with Crippen molar-refractivity contribution in [1.29, 1.82) is 0 Å². The van der Waals surface area contributed by atoms with E-state index < -0.39 is 32.7 Å². The van der Waals surface area contributed by atoms with E-state index in [4.69, 9.17) is 0 Å².